The molecule has 0 aromatic heterocycles. The number of anilines is 2. The Morgan fingerprint density at radius 3 is 2.63 bits per heavy atom. The number of nitrogens with one attached hydrogen (secondary N) is 1. The van der Waals surface area contributed by atoms with E-state index in [1.807, 2.05) is 42.5 Å². The van der Waals surface area contributed by atoms with Crippen molar-refractivity contribution in [1.29, 1.82) is 0 Å². The molecule has 1 aliphatic rings. The van der Waals surface area contributed by atoms with Gasteiger partial charge in [0.1, 0.15) is 5.37 Å². The third kappa shape index (κ3) is 3.91. The predicted molar refractivity (Wildman–Crippen MR) is 127 cm³/mol. The quantitative estimate of drug-likeness (QED) is 0.333. The van der Waals surface area contributed by atoms with Crippen molar-refractivity contribution in [2.75, 3.05) is 10.2 Å². The van der Waals surface area contributed by atoms with Gasteiger partial charge in [-0.25, -0.2) is 0 Å². The minimum absolute atomic E-state index is 0.0217. The molecule has 7 heteroatoms. The van der Waals surface area contributed by atoms with E-state index in [9.17, 15) is 0 Å². The van der Waals surface area contributed by atoms with Gasteiger partial charge in [-0.2, -0.15) is 0 Å². The van der Waals surface area contributed by atoms with Gasteiger partial charge < -0.3 is 10.2 Å². The summed E-state index contributed by atoms with van der Waals surface area (Å²) < 4.78 is 2.05. The summed E-state index contributed by atoms with van der Waals surface area (Å²) in [5.41, 5.74) is 3.12. The number of rotatable bonds is 2. The number of fused-ring (bicyclic) bond motifs is 1. The van der Waals surface area contributed by atoms with Gasteiger partial charge in [-0.1, -0.05) is 53.7 Å². The average molecular weight is 541 g/mol. The maximum Gasteiger partial charge on any atom is 0.179 e. The topological polar surface area (TPSA) is 15.3 Å². The third-order valence-corrected chi connectivity index (χ3v) is 8.04. The number of hydrogen-bond acceptors (Lipinski definition) is 2. The maximum absolute atomic E-state index is 6.12. The third-order valence-electron chi connectivity index (χ3n) is 4.14. The fraction of sp³-hybridized carbons (Fsp3) is 0.0500. The molecule has 1 aliphatic heterocycles. The molecule has 3 aromatic carbocycles. The first-order valence-electron chi connectivity index (χ1n) is 8.10. The normalized spacial score (nSPS) is 15.5. The van der Waals surface area contributed by atoms with Crippen molar-refractivity contribution in [1.82, 2.24) is 0 Å². The van der Waals surface area contributed by atoms with E-state index in [1.54, 1.807) is 11.8 Å². The standard InChI is InChI=1S/C20H13Br2ClN2S2/c21-15-8-4-7-14(18(15)22)19-25(16-9-1-2-10-17(16)27-19)20(26)24-13-6-3-5-12(23)11-13/h1-11,19H,(H,24,26). The SMILES string of the molecule is S=C(Nc1cccc(Cl)c1)N1c2ccccc2SC1c1cccc(Br)c1Br. The molecular formula is C20H13Br2ClN2S2. The minimum atomic E-state index is 0.0217. The summed E-state index contributed by atoms with van der Waals surface area (Å²) in [6.45, 7) is 0. The van der Waals surface area contributed by atoms with Gasteiger partial charge in [-0.3, -0.25) is 0 Å². The van der Waals surface area contributed by atoms with E-state index >= 15 is 0 Å². The van der Waals surface area contributed by atoms with E-state index in [4.69, 9.17) is 23.8 Å². The lowest BCUT2D eigenvalue weighted by Crippen LogP contribution is -2.34. The van der Waals surface area contributed by atoms with Crippen LogP contribution in [0.2, 0.25) is 5.02 Å². The second kappa shape index (κ2) is 8.13. The van der Waals surface area contributed by atoms with Crippen LogP contribution in [0.4, 0.5) is 11.4 Å². The highest BCUT2D eigenvalue weighted by Gasteiger charge is 2.35. The molecular weight excluding hydrogens is 528 g/mol. The fourth-order valence-electron chi connectivity index (χ4n) is 2.93. The Morgan fingerprint density at radius 2 is 1.81 bits per heavy atom. The van der Waals surface area contributed by atoms with Crippen LogP contribution in [0.3, 0.4) is 0 Å². The van der Waals surface area contributed by atoms with Gasteiger partial charge in [0.15, 0.2) is 5.11 Å². The Morgan fingerprint density at radius 1 is 1.04 bits per heavy atom. The summed E-state index contributed by atoms with van der Waals surface area (Å²) in [6, 6.07) is 22.1. The van der Waals surface area contributed by atoms with E-state index in [2.05, 4.69) is 66.3 Å². The first-order chi connectivity index (χ1) is 13.0. The Kier molecular flexibility index (Phi) is 5.81. The predicted octanol–water partition coefficient (Wildman–Crippen LogP) is 7.87. The van der Waals surface area contributed by atoms with Gasteiger partial charge in [-0.05, 0) is 80.5 Å². The van der Waals surface area contributed by atoms with Crippen molar-refractivity contribution in [3.8, 4) is 0 Å². The van der Waals surface area contributed by atoms with Crippen LogP contribution in [0.5, 0.6) is 0 Å². The Balaban J connectivity index is 1.73. The minimum Gasteiger partial charge on any atom is -0.332 e. The lowest BCUT2D eigenvalue weighted by Gasteiger charge is -2.28. The van der Waals surface area contributed by atoms with Gasteiger partial charge in [0.05, 0.1) is 5.69 Å². The van der Waals surface area contributed by atoms with Crippen LogP contribution in [0.1, 0.15) is 10.9 Å². The number of nitrogens with zero attached hydrogens (tertiary/aromatic N) is 1. The number of hydrogen-bond donors (Lipinski definition) is 1. The van der Waals surface area contributed by atoms with E-state index in [0.717, 1.165) is 25.9 Å². The van der Waals surface area contributed by atoms with Crippen molar-refractivity contribution in [2.45, 2.75) is 10.3 Å². The van der Waals surface area contributed by atoms with Crippen LogP contribution in [-0.4, -0.2) is 5.11 Å². The molecule has 4 rings (SSSR count). The first-order valence-corrected chi connectivity index (χ1v) is 11.3. The molecule has 136 valence electrons. The summed E-state index contributed by atoms with van der Waals surface area (Å²) in [7, 11) is 0. The molecule has 0 fully saturated rings. The molecule has 0 amide bonds. The van der Waals surface area contributed by atoms with Gasteiger partial charge in [0.25, 0.3) is 0 Å². The lowest BCUT2D eigenvalue weighted by molar-refractivity contribution is 0.992. The molecule has 1 heterocycles. The molecule has 0 radical (unpaired) electrons. The molecule has 2 nitrogen and oxygen atoms in total. The van der Waals surface area contributed by atoms with Crippen LogP contribution in [0.25, 0.3) is 0 Å². The molecule has 0 bridgehead atoms. The van der Waals surface area contributed by atoms with Crippen LogP contribution in [-0.2, 0) is 0 Å². The largest absolute Gasteiger partial charge is 0.332 e. The van der Waals surface area contributed by atoms with Crippen LogP contribution >= 0.6 is 67.4 Å². The molecule has 0 spiro atoms. The van der Waals surface area contributed by atoms with E-state index in [1.165, 1.54) is 4.90 Å². The zero-order chi connectivity index (χ0) is 19.0. The molecule has 0 saturated carbocycles. The lowest BCUT2D eigenvalue weighted by atomic mass is 10.2. The van der Waals surface area contributed by atoms with Crippen molar-refractivity contribution in [3.05, 3.63) is 86.3 Å². The molecule has 3 aromatic rings. The zero-order valence-electron chi connectivity index (χ0n) is 13.8. The number of para-hydroxylation sites is 1. The molecule has 0 aliphatic carbocycles. The Bertz CT molecular complexity index is 1030. The Hall–Kier alpha value is -1.05. The summed E-state index contributed by atoms with van der Waals surface area (Å²) in [4.78, 5) is 3.35. The number of thioether (sulfide) groups is 1. The van der Waals surface area contributed by atoms with Crippen molar-refractivity contribution < 1.29 is 0 Å². The number of halogens is 3. The van der Waals surface area contributed by atoms with E-state index in [-0.39, 0.29) is 5.37 Å². The number of thiocarbonyl (C=S) groups is 1. The molecule has 0 saturated heterocycles. The van der Waals surface area contributed by atoms with E-state index in [0.29, 0.717) is 10.1 Å². The van der Waals surface area contributed by atoms with E-state index < -0.39 is 0 Å². The summed E-state index contributed by atoms with van der Waals surface area (Å²) in [5, 5.41) is 4.66. The Labute approximate surface area is 189 Å². The first kappa shape index (κ1) is 19.3. The monoisotopic (exact) mass is 538 g/mol. The zero-order valence-corrected chi connectivity index (χ0v) is 19.4. The summed E-state index contributed by atoms with van der Waals surface area (Å²) in [6.07, 6.45) is 0. The smallest absolute Gasteiger partial charge is 0.179 e. The highest BCUT2D eigenvalue weighted by atomic mass is 79.9. The van der Waals surface area contributed by atoms with Gasteiger partial charge in [0.2, 0.25) is 0 Å². The highest BCUT2D eigenvalue weighted by Crippen LogP contribution is 2.53. The van der Waals surface area contributed by atoms with Crippen LogP contribution < -0.4 is 10.2 Å². The number of benzene rings is 3. The van der Waals surface area contributed by atoms with Gasteiger partial charge >= 0.3 is 0 Å². The molecule has 27 heavy (non-hydrogen) atoms. The second-order valence-electron chi connectivity index (χ2n) is 5.89. The van der Waals surface area contributed by atoms with Gasteiger partial charge in [0, 0.05) is 30.1 Å². The van der Waals surface area contributed by atoms with Crippen LogP contribution in [0.15, 0.2) is 80.6 Å². The van der Waals surface area contributed by atoms with Crippen molar-refractivity contribution in [3.63, 3.8) is 0 Å². The fourth-order valence-corrected chi connectivity index (χ4v) is 5.86. The van der Waals surface area contributed by atoms with Crippen molar-refractivity contribution >= 4 is 83.9 Å². The summed E-state index contributed by atoms with van der Waals surface area (Å²) >= 11 is 21.0. The van der Waals surface area contributed by atoms with Crippen LogP contribution in [0, 0.1) is 0 Å². The highest BCUT2D eigenvalue weighted by molar-refractivity contribution is 9.13. The molecule has 1 unspecified atom stereocenters. The van der Waals surface area contributed by atoms with Gasteiger partial charge in [-0.15, -0.1) is 0 Å². The average Bonchev–Trinajstić information content (AvgIpc) is 3.03. The van der Waals surface area contributed by atoms with Crippen molar-refractivity contribution in [2.24, 2.45) is 0 Å². The second-order valence-corrected chi connectivity index (χ2v) is 9.48. The molecule has 1 atom stereocenters. The molecule has 1 N–H and O–H groups in total. The summed E-state index contributed by atoms with van der Waals surface area (Å²) in [5.74, 6) is 0. The maximum atomic E-state index is 6.12.